The minimum absolute atomic E-state index is 0.466. The molecule has 0 aromatic heterocycles. The van der Waals surface area contributed by atoms with Crippen LogP contribution in [0.15, 0.2) is 79.1 Å². The van der Waals surface area contributed by atoms with E-state index in [4.69, 9.17) is 15.3 Å². The molecule has 31 heavy (non-hydrogen) atoms. The summed E-state index contributed by atoms with van der Waals surface area (Å²) in [4.78, 5) is 2.50. The molecule has 0 aliphatic carbocycles. The van der Waals surface area contributed by atoms with E-state index >= 15 is 0 Å². The van der Waals surface area contributed by atoms with Gasteiger partial charge in [0.2, 0.25) is 5.60 Å². The van der Waals surface area contributed by atoms with Gasteiger partial charge >= 0.3 is 6.18 Å². The molecule has 2 aliphatic rings. The predicted molar refractivity (Wildman–Crippen MR) is 115 cm³/mol. The summed E-state index contributed by atoms with van der Waals surface area (Å²) in [5, 5.41) is 27.4. The van der Waals surface area contributed by atoms with Gasteiger partial charge in [0.05, 0.1) is 0 Å². The molecule has 158 valence electrons. The van der Waals surface area contributed by atoms with E-state index in [-0.39, 0.29) is 0 Å². The predicted octanol–water partition coefficient (Wildman–Crippen LogP) is 6.70. The van der Waals surface area contributed by atoms with Gasteiger partial charge in [-0.1, -0.05) is 60.0 Å². The molecule has 0 aromatic rings. The molecule has 1 atom stereocenters. The fourth-order valence-corrected chi connectivity index (χ4v) is 4.90. The third-order valence-corrected chi connectivity index (χ3v) is 6.89. The number of rotatable bonds is 4. The average Bonchev–Trinajstić information content (AvgIpc) is 3.18. The minimum atomic E-state index is -4.87. The number of alkyl halides is 3. The quantitative estimate of drug-likeness (QED) is 0.344. The van der Waals surface area contributed by atoms with Crippen molar-refractivity contribution in [1.29, 1.82) is 15.8 Å². The summed E-state index contributed by atoms with van der Waals surface area (Å²) < 4.78 is 47.2. The van der Waals surface area contributed by atoms with Crippen LogP contribution in [-0.4, -0.2) is 11.8 Å². The van der Waals surface area contributed by atoms with Crippen LogP contribution in [0.25, 0.3) is 0 Å². The Hall–Kier alpha value is -3.06. The summed E-state index contributed by atoms with van der Waals surface area (Å²) in [6.07, 6.45) is 6.19. The second kappa shape index (κ2) is 9.83. The van der Waals surface area contributed by atoms with Gasteiger partial charge < -0.3 is 4.74 Å². The lowest BCUT2D eigenvalue weighted by Crippen LogP contribution is -2.43. The van der Waals surface area contributed by atoms with Crippen LogP contribution in [0.1, 0.15) is 20.8 Å². The lowest BCUT2D eigenvalue weighted by atomic mass is 9.92. The van der Waals surface area contributed by atoms with Crippen molar-refractivity contribution in [3.63, 3.8) is 0 Å². The van der Waals surface area contributed by atoms with Crippen LogP contribution in [-0.2, 0) is 4.74 Å². The highest BCUT2D eigenvalue weighted by Gasteiger charge is 2.60. The number of thioether (sulfide) groups is 2. The number of halogens is 3. The Morgan fingerprint density at radius 2 is 1.52 bits per heavy atom. The van der Waals surface area contributed by atoms with Gasteiger partial charge in [0.25, 0.3) is 0 Å². The fourth-order valence-electron chi connectivity index (χ4n) is 2.55. The standard InChI is InChI=1S/C22H16F3N3OS2/c1-14-15(2)31-19(30-14)10-8-6-4-5-7-9-18-17(13-28)20(16(11-26)12-27)29-21(18,3)22(23,24)25/h4-10H,1-3H3/b5-4+,8-6+,9-7+. The Kier molecular flexibility index (Phi) is 7.68. The van der Waals surface area contributed by atoms with E-state index in [2.05, 4.69) is 0 Å². The first-order valence-corrected chi connectivity index (χ1v) is 10.4. The minimum Gasteiger partial charge on any atom is -0.470 e. The maximum Gasteiger partial charge on any atom is 0.432 e. The van der Waals surface area contributed by atoms with E-state index in [1.807, 2.05) is 26.0 Å². The molecular formula is C22H16F3N3OS2. The molecule has 0 fully saturated rings. The van der Waals surface area contributed by atoms with Crippen LogP contribution in [0.3, 0.4) is 0 Å². The normalized spacial score (nSPS) is 21.8. The highest BCUT2D eigenvalue weighted by Crippen LogP contribution is 2.49. The first-order chi connectivity index (χ1) is 14.6. The summed E-state index contributed by atoms with van der Waals surface area (Å²) in [6, 6.07) is 4.57. The molecule has 0 spiro atoms. The number of nitrogens with zero attached hydrogens (tertiary/aromatic N) is 3. The van der Waals surface area contributed by atoms with Crippen molar-refractivity contribution in [1.82, 2.24) is 0 Å². The van der Waals surface area contributed by atoms with Gasteiger partial charge in [-0.15, -0.1) is 0 Å². The number of nitriles is 3. The van der Waals surface area contributed by atoms with Crippen LogP contribution < -0.4 is 0 Å². The van der Waals surface area contributed by atoms with Crippen molar-refractivity contribution in [3.05, 3.63) is 79.1 Å². The lowest BCUT2D eigenvalue weighted by molar-refractivity contribution is -0.236. The van der Waals surface area contributed by atoms with Crippen LogP contribution >= 0.6 is 23.5 Å². The number of allylic oxidation sites excluding steroid dienone is 10. The summed E-state index contributed by atoms with van der Waals surface area (Å²) in [5.41, 5.74) is -4.50. The Morgan fingerprint density at radius 3 is 2.03 bits per heavy atom. The smallest absolute Gasteiger partial charge is 0.432 e. The molecule has 0 saturated heterocycles. The van der Waals surface area contributed by atoms with Gasteiger partial charge in [-0.25, -0.2) is 0 Å². The van der Waals surface area contributed by atoms with Gasteiger partial charge in [-0.2, -0.15) is 29.0 Å². The van der Waals surface area contributed by atoms with Crippen LogP contribution in [0.2, 0.25) is 0 Å². The summed E-state index contributed by atoms with van der Waals surface area (Å²) in [6.45, 7) is 4.85. The van der Waals surface area contributed by atoms with Gasteiger partial charge in [0.15, 0.2) is 11.3 Å². The molecule has 2 aliphatic heterocycles. The first kappa shape index (κ1) is 24.2. The molecule has 0 bridgehead atoms. The van der Waals surface area contributed by atoms with Crippen molar-refractivity contribution in [2.75, 3.05) is 0 Å². The molecule has 0 N–H and O–H groups in total. The monoisotopic (exact) mass is 459 g/mol. The summed E-state index contributed by atoms with van der Waals surface area (Å²) >= 11 is 3.35. The van der Waals surface area contributed by atoms with Gasteiger partial charge in [0.1, 0.15) is 23.8 Å². The molecule has 1 unspecified atom stereocenters. The second-order valence-electron chi connectivity index (χ2n) is 6.39. The molecular weight excluding hydrogens is 443 g/mol. The number of ether oxygens (including phenoxy) is 1. The Balaban J connectivity index is 2.28. The van der Waals surface area contributed by atoms with Gasteiger partial charge in [-0.3, -0.25) is 0 Å². The zero-order chi connectivity index (χ0) is 23.2. The van der Waals surface area contributed by atoms with E-state index in [0.717, 1.165) is 17.2 Å². The van der Waals surface area contributed by atoms with E-state index in [1.165, 1.54) is 34.1 Å². The SMILES string of the molecule is CC1=C(C)SC(=C/C=C/C=C/C=C/C2=C(C#N)C(=C(C#N)C#N)OC2(C)C(F)(F)F)S1. The maximum atomic E-state index is 13.7. The lowest BCUT2D eigenvalue weighted by Gasteiger charge is -2.28. The molecule has 4 nitrogen and oxygen atoms in total. The van der Waals surface area contributed by atoms with E-state index in [1.54, 1.807) is 41.7 Å². The topological polar surface area (TPSA) is 80.6 Å². The van der Waals surface area contributed by atoms with E-state index < -0.39 is 34.3 Å². The molecule has 0 aromatic carbocycles. The first-order valence-electron chi connectivity index (χ1n) is 8.79. The van der Waals surface area contributed by atoms with Gasteiger partial charge in [-0.05, 0) is 36.7 Å². The van der Waals surface area contributed by atoms with Crippen LogP contribution in [0.5, 0.6) is 0 Å². The number of hydrogen-bond donors (Lipinski definition) is 0. The molecule has 2 heterocycles. The fraction of sp³-hybridized carbons (Fsp3) is 0.227. The summed E-state index contributed by atoms with van der Waals surface area (Å²) in [5.74, 6) is -0.659. The molecule has 0 saturated carbocycles. The molecule has 0 radical (unpaired) electrons. The Bertz CT molecular complexity index is 1080. The second-order valence-corrected chi connectivity index (χ2v) is 9.16. The van der Waals surface area contributed by atoms with Crippen molar-refractivity contribution in [3.8, 4) is 18.2 Å². The summed E-state index contributed by atoms with van der Waals surface area (Å²) in [7, 11) is 0. The van der Waals surface area contributed by atoms with Crippen molar-refractivity contribution in [2.24, 2.45) is 0 Å². The van der Waals surface area contributed by atoms with Gasteiger partial charge in [0, 0.05) is 9.81 Å². The van der Waals surface area contributed by atoms with E-state index in [0.29, 0.717) is 0 Å². The largest absolute Gasteiger partial charge is 0.470 e. The Labute approximate surface area is 187 Å². The van der Waals surface area contributed by atoms with Crippen LogP contribution in [0.4, 0.5) is 13.2 Å². The zero-order valence-corrected chi connectivity index (χ0v) is 18.4. The third kappa shape index (κ3) is 5.17. The van der Waals surface area contributed by atoms with Crippen LogP contribution in [0, 0.1) is 34.0 Å². The maximum absolute atomic E-state index is 13.7. The van der Waals surface area contributed by atoms with Crippen molar-refractivity contribution < 1.29 is 17.9 Å². The van der Waals surface area contributed by atoms with Crippen molar-refractivity contribution in [2.45, 2.75) is 32.5 Å². The molecule has 0 amide bonds. The zero-order valence-electron chi connectivity index (χ0n) is 16.7. The highest BCUT2D eigenvalue weighted by molar-refractivity contribution is 8.28. The average molecular weight is 460 g/mol. The third-order valence-electron chi connectivity index (χ3n) is 4.36. The van der Waals surface area contributed by atoms with Crippen molar-refractivity contribution >= 4 is 23.5 Å². The molecule has 2 rings (SSSR count). The van der Waals surface area contributed by atoms with E-state index in [9.17, 15) is 18.4 Å². The highest BCUT2D eigenvalue weighted by atomic mass is 32.2. The molecule has 9 heteroatoms. The number of hydrogen-bond acceptors (Lipinski definition) is 6. The Morgan fingerprint density at radius 1 is 0.968 bits per heavy atom.